The number of nitrogens with zero attached hydrogens (tertiary/aromatic N) is 4. The fourth-order valence-corrected chi connectivity index (χ4v) is 13.6. The largest absolute Gasteiger partial charge is 0.497 e. The lowest BCUT2D eigenvalue weighted by Gasteiger charge is -2.37. The van der Waals surface area contributed by atoms with Crippen molar-refractivity contribution in [1.82, 2.24) is 4.90 Å². The van der Waals surface area contributed by atoms with Gasteiger partial charge in [0.1, 0.15) is 11.5 Å². The molecule has 0 aliphatic carbocycles. The summed E-state index contributed by atoms with van der Waals surface area (Å²) in [7, 11) is -1.07. The zero-order valence-corrected chi connectivity index (χ0v) is 35.5. The number of carbonyl (C=O) groups is 3. The van der Waals surface area contributed by atoms with Crippen LogP contribution < -0.4 is 24.5 Å². The Kier molecular flexibility index (Phi) is 11.3. The summed E-state index contributed by atoms with van der Waals surface area (Å²) >= 11 is 0. The van der Waals surface area contributed by atoms with Crippen LogP contribution in [0.2, 0.25) is 18.6 Å². The van der Waals surface area contributed by atoms with Crippen molar-refractivity contribution in [2.45, 2.75) is 56.8 Å². The lowest BCUT2D eigenvalue weighted by Crippen LogP contribution is -2.52. The van der Waals surface area contributed by atoms with Crippen molar-refractivity contribution in [3.8, 4) is 11.5 Å². The highest BCUT2D eigenvalue weighted by molar-refractivity contribution is 6.91. The van der Waals surface area contributed by atoms with Gasteiger partial charge in [0.15, 0.2) is 12.2 Å². The van der Waals surface area contributed by atoms with Crippen LogP contribution in [0.1, 0.15) is 30.0 Å². The lowest BCUT2D eigenvalue weighted by atomic mass is 9.82. The molecule has 3 heterocycles. The molecule has 1 saturated heterocycles. The third kappa shape index (κ3) is 7.44. The molecule has 61 heavy (non-hydrogen) atoms. The number of rotatable bonds is 13. The Morgan fingerprint density at radius 2 is 1.64 bits per heavy atom. The van der Waals surface area contributed by atoms with Crippen molar-refractivity contribution in [1.29, 1.82) is 0 Å². The molecule has 1 N–H and O–H groups in total. The zero-order valence-electron chi connectivity index (χ0n) is 34.5. The fraction of sp³-hybridized carbons (Fsp3) is 0.298. The molecule has 0 radical (unpaired) electrons. The van der Waals surface area contributed by atoms with Gasteiger partial charge in [-0.25, -0.2) is 0 Å². The molecule has 0 aromatic heterocycles. The quantitative estimate of drug-likeness (QED) is 0.0764. The van der Waals surface area contributed by atoms with E-state index in [-0.39, 0.29) is 68.2 Å². The second-order valence-corrected chi connectivity index (χ2v) is 21.1. The summed E-state index contributed by atoms with van der Waals surface area (Å²) < 4.78 is 18.3. The van der Waals surface area contributed by atoms with Gasteiger partial charge in [0.2, 0.25) is 5.91 Å². The number of non-ortho nitro benzene ring substituents is 1. The number of hydrogen-bond acceptors (Lipinski definition) is 9. The molecular formula is C47H48N4O9Si. The Labute approximate surface area is 355 Å². The van der Waals surface area contributed by atoms with E-state index in [9.17, 15) is 24.8 Å². The molecule has 5 aromatic carbocycles. The number of para-hydroxylation sites is 2. The highest BCUT2D eigenvalue weighted by atomic mass is 28.3. The van der Waals surface area contributed by atoms with Gasteiger partial charge in [-0.15, -0.1) is 0 Å². The van der Waals surface area contributed by atoms with E-state index in [1.165, 1.54) is 12.1 Å². The zero-order chi connectivity index (χ0) is 43.1. The van der Waals surface area contributed by atoms with Crippen LogP contribution in [0.3, 0.4) is 0 Å². The van der Waals surface area contributed by atoms with Crippen LogP contribution in [0.5, 0.6) is 11.5 Å². The van der Waals surface area contributed by atoms with Crippen LogP contribution in [0.4, 0.5) is 22.7 Å². The van der Waals surface area contributed by atoms with E-state index in [4.69, 9.17) is 14.2 Å². The molecule has 0 unspecified atom stereocenters. The number of methoxy groups -OCH3 is 1. The Morgan fingerprint density at radius 1 is 0.934 bits per heavy atom. The van der Waals surface area contributed by atoms with Crippen molar-refractivity contribution < 1.29 is 38.6 Å². The molecular weight excluding hydrogens is 793 g/mol. The molecule has 3 aliphatic rings. The minimum Gasteiger partial charge on any atom is -0.497 e. The smallest absolute Gasteiger partial charge is 0.269 e. The van der Waals surface area contributed by atoms with Crippen LogP contribution >= 0.6 is 0 Å². The van der Waals surface area contributed by atoms with Crippen LogP contribution in [0.25, 0.3) is 0 Å². The molecule has 14 heteroatoms. The number of nitro groups is 1. The predicted octanol–water partition coefficient (Wildman–Crippen LogP) is 6.83. The number of ether oxygens (including phenoxy) is 3. The maximum Gasteiger partial charge on any atom is 0.269 e. The van der Waals surface area contributed by atoms with E-state index < -0.39 is 30.6 Å². The molecule has 0 bridgehead atoms. The Hall–Kier alpha value is -6.35. The second kappa shape index (κ2) is 16.6. The summed E-state index contributed by atoms with van der Waals surface area (Å²) in [5, 5.41) is 23.4. The summed E-state index contributed by atoms with van der Waals surface area (Å²) in [6, 6.07) is 36.6. The van der Waals surface area contributed by atoms with E-state index in [0.717, 1.165) is 16.3 Å². The van der Waals surface area contributed by atoms with E-state index >= 15 is 4.79 Å². The predicted molar refractivity (Wildman–Crippen MR) is 233 cm³/mol. The minimum absolute atomic E-state index is 0.0709. The fourth-order valence-electron chi connectivity index (χ4n) is 9.61. The maximum absolute atomic E-state index is 15.4. The Bertz CT molecular complexity index is 2470. The number of amides is 3. The topological polar surface area (TPSA) is 152 Å². The van der Waals surface area contributed by atoms with Gasteiger partial charge in [-0.3, -0.25) is 29.4 Å². The number of aliphatic hydroxyl groups excluding tert-OH is 1. The normalized spacial score (nSPS) is 20.6. The van der Waals surface area contributed by atoms with Crippen molar-refractivity contribution in [2.75, 3.05) is 36.7 Å². The average molecular weight is 841 g/mol. The average Bonchev–Trinajstić information content (AvgIpc) is 3.69. The number of benzene rings is 5. The monoisotopic (exact) mass is 840 g/mol. The molecule has 13 nitrogen and oxygen atoms in total. The summed E-state index contributed by atoms with van der Waals surface area (Å²) in [6.07, 6.45) is -0.828. The molecule has 3 aliphatic heterocycles. The summed E-state index contributed by atoms with van der Waals surface area (Å²) in [6.45, 7) is 6.56. The van der Waals surface area contributed by atoms with Gasteiger partial charge < -0.3 is 29.1 Å². The summed E-state index contributed by atoms with van der Waals surface area (Å²) in [5.41, 5.74) is 1.67. The number of aliphatic hydroxyl groups is 1. The number of nitro benzene ring substituents is 1. The number of fused-ring (bicyclic) bond motifs is 3. The molecule has 8 rings (SSSR count). The molecule has 4 atom stereocenters. The molecule has 314 valence electrons. The summed E-state index contributed by atoms with van der Waals surface area (Å²) in [5.74, 6) is -0.0426. The first-order chi connectivity index (χ1) is 29.4. The Morgan fingerprint density at radius 3 is 2.33 bits per heavy atom. The van der Waals surface area contributed by atoms with Crippen LogP contribution in [0, 0.1) is 16.0 Å². The molecule has 3 amide bonds. The van der Waals surface area contributed by atoms with Gasteiger partial charge in [0, 0.05) is 42.4 Å². The van der Waals surface area contributed by atoms with E-state index in [0.29, 0.717) is 34.1 Å². The molecule has 5 aromatic rings. The third-order valence-corrected chi connectivity index (χ3v) is 16.9. The highest BCUT2D eigenvalue weighted by Crippen LogP contribution is 2.60. The van der Waals surface area contributed by atoms with Crippen molar-refractivity contribution in [3.05, 3.63) is 148 Å². The first-order valence-electron chi connectivity index (χ1n) is 20.4. The molecule has 1 spiro atoms. The van der Waals surface area contributed by atoms with Crippen LogP contribution in [-0.4, -0.2) is 73.7 Å². The van der Waals surface area contributed by atoms with Crippen LogP contribution in [0.15, 0.2) is 121 Å². The van der Waals surface area contributed by atoms with Crippen molar-refractivity contribution in [3.63, 3.8) is 0 Å². The number of carbonyl (C=O) groups excluding carboxylic acids is 3. The van der Waals surface area contributed by atoms with E-state index in [1.54, 1.807) is 27.9 Å². The van der Waals surface area contributed by atoms with E-state index in [1.807, 2.05) is 110 Å². The van der Waals surface area contributed by atoms with Crippen molar-refractivity contribution in [2.24, 2.45) is 5.92 Å². The first-order valence-corrected chi connectivity index (χ1v) is 23.4. The summed E-state index contributed by atoms with van der Waals surface area (Å²) in [4.78, 5) is 59.6. The molecule has 1 fully saturated rings. The SMILES string of the molecule is COc1ccc([Si](C)(C)[C@H]2[C@H](CC(=O)N(CCO)Cc3ccccc3)O[C@@]3(C(=O)N(Cc4ccc(N5C(=O)COc6ccccc65)cc4)c4ccc([N+](=O)[O-])cc43)[C@@H]2C)cc1. The number of anilines is 3. The van der Waals surface area contributed by atoms with Crippen molar-refractivity contribution >= 4 is 53.7 Å². The number of hydrogen-bond donors (Lipinski definition) is 1. The van der Waals surface area contributed by atoms with E-state index in [2.05, 4.69) is 13.1 Å². The van der Waals surface area contributed by atoms with Gasteiger partial charge in [-0.1, -0.05) is 91.9 Å². The van der Waals surface area contributed by atoms with Gasteiger partial charge in [-0.05, 0) is 59.1 Å². The Balaban J connectivity index is 1.17. The maximum atomic E-state index is 15.4. The van der Waals surface area contributed by atoms with Gasteiger partial charge in [0.25, 0.3) is 17.5 Å². The first kappa shape index (κ1) is 41.4. The third-order valence-electron chi connectivity index (χ3n) is 12.6. The minimum atomic E-state index is -2.68. The van der Waals surface area contributed by atoms with Gasteiger partial charge >= 0.3 is 0 Å². The van der Waals surface area contributed by atoms with Gasteiger partial charge in [-0.2, -0.15) is 0 Å². The van der Waals surface area contributed by atoms with Gasteiger partial charge in [0.05, 0.1) is 57.2 Å². The molecule has 0 saturated carbocycles. The van der Waals surface area contributed by atoms with Crippen LogP contribution in [-0.2, 0) is 37.8 Å². The standard InChI is InChI=1S/C47H48N4O9Si/c1-31-45(61(3,4)37-21-19-36(58-2)20-22-37)42(27-43(53)48(24-25-52)28-32-10-6-5-7-11-32)60-47(31)38-26-35(51(56)57)18-23-39(38)49(46(47)55)29-33-14-16-34(17-15-33)50-40-12-8-9-13-41(40)59-30-44(50)54/h5-23,26,31,42,45,52H,24-25,27-30H2,1-4H3/t31-,42+,45-,47+/m1/s1. The second-order valence-electron chi connectivity index (χ2n) is 16.4. The lowest BCUT2D eigenvalue weighted by molar-refractivity contribution is -0.385. The highest BCUT2D eigenvalue weighted by Gasteiger charge is 2.67.